The number of rotatable bonds is 9. The molecule has 0 aromatic rings. The number of hydrogen-bond acceptors (Lipinski definition) is 5. The summed E-state index contributed by atoms with van der Waals surface area (Å²) in [5, 5.41) is 39.7. The predicted molar refractivity (Wildman–Crippen MR) is 89.2 cm³/mol. The van der Waals surface area contributed by atoms with Crippen molar-refractivity contribution in [2.45, 2.75) is 39.5 Å². The molecular formula is C16H26O9. The largest absolute Gasteiger partial charge is 0.478 e. The van der Waals surface area contributed by atoms with Crippen molar-refractivity contribution < 1.29 is 44.7 Å². The lowest BCUT2D eigenvalue weighted by molar-refractivity contribution is -0.134. The number of aliphatic hydroxyl groups is 1. The van der Waals surface area contributed by atoms with Crippen molar-refractivity contribution in [2.75, 3.05) is 6.61 Å². The summed E-state index contributed by atoms with van der Waals surface area (Å²) in [7, 11) is 0. The molecule has 0 unspecified atom stereocenters. The molecule has 0 aliphatic rings. The summed E-state index contributed by atoms with van der Waals surface area (Å²) in [5.41, 5.74) is 0. The molecule has 0 radical (unpaired) electrons. The quantitative estimate of drug-likeness (QED) is 0.302. The van der Waals surface area contributed by atoms with E-state index in [1.54, 1.807) is 0 Å². The van der Waals surface area contributed by atoms with Gasteiger partial charge in [0.05, 0.1) is 0 Å². The molecule has 0 fully saturated rings. The first-order valence-electron chi connectivity index (χ1n) is 7.41. The third kappa shape index (κ3) is 44.9. The Morgan fingerprint density at radius 1 is 0.680 bits per heavy atom. The monoisotopic (exact) mass is 362 g/mol. The van der Waals surface area contributed by atoms with Gasteiger partial charge in [0.25, 0.3) is 0 Å². The molecule has 25 heavy (non-hydrogen) atoms. The van der Waals surface area contributed by atoms with Gasteiger partial charge in [-0.1, -0.05) is 33.1 Å². The number of carbonyl (C=O) groups is 4. The van der Waals surface area contributed by atoms with Crippen LogP contribution in [0.2, 0.25) is 0 Å². The van der Waals surface area contributed by atoms with E-state index >= 15 is 0 Å². The molecule has 0 aliphatic carbocycles. The molecule has 144 valence electrons. The number of carboxylic acid groups (broad SMARTS) is 4. The Bertz CT molecular complexity index is 385. The van der Waals surface area contributed by atoms with Gasteiger partial charge >= 0.3 is 23.9 Å². The molecule has 0 bridgehead atoms. The van der Waals surface area contributed by atoms with E-state index < -0.39 is 23.9 Å². The van der Waals surface area contributed by atoms with E-state index in [1.165, 1.54) is 19.3 Å². The SMILES string of the molecule is CC(C)CCCCCO.O=C(O)/C=C/C(=O)O.O=C(O)/C=C/C(=O)O. The molecule has 0 aromatic carbocycles. The second-order valence-corrected chi connectivity index (χ2v) is 4.99. The summed E-state index contributed by atoms with van der Waals surface area (Å²) in [5.74, 6) is -4.21. The molecule has 0 spiro atoms. The van der Waals surface area contributed by atoms with Gasteiger partial charge in [-0.2, -0.15) is 0 Å². The molecule has 9 nitrogen and oxygen atoms in total. The lowest BCUT2D eigenvalue weighted by Gasteiger charge is -2.01. The van der Waals surface area contributed by atoms with Crippen molar-refractivity contribution >= 4 is 23.9 Å². The summed E-state index contributed by atoms with van der Waals surface area (Å²) >= 11 is 0. The van der Waals surface area contributed by atoms with Crippen LogP contribution in [0.25, 0.3) is 0 Å². The zero-order chi connectivity index (χ0) is 20.3. The van der Waals surface area contributed by atoms with E-state index in [0.29, 0.717) is 30.9 Å². The second kappa shape index (κ2) is 19.4. The van der Waals surface area contributed by atoms with Crippen LogP contribution in [-0.4, -0.2) is 56.0 Å². The molecule has 0 aliphatic heterocycles. The van der Waals surface area contributed by atoms with Gasteiger partial charge in [-0.05, 0) is 12.3 Å². The minimum absolute atomic E-state index is 0.359. The number of hydrogen-bond donors (Lipinski definition) is 5. The first-order valence-corrected chi connectivity index (χ1v) is 7.41. The van der Waals surface area contributed by atoms with Crippen molar-refractivity contribution in [1.29, 1.82) is 0 Å². The van der Waals surface area contributed by atoms with E-state index in [9.17, 15) is 19.2 Å². The van der Waals surface area contributed by atoms with E-state index in [4.69, 9.17) is 25.5 Å². The van der Waals surface area contributed by atoms with Crippen LogP contribution in [0.15, 0.2) is 24.3 Å². The van der Waals surface area contributed by atoms with Crippen molar-refractivity contribution in [3.05, 3.63) is 24.3 Å². The topological polar surface area (TPSA) is 169 Å². The average molecular weight is 362 g/mol. The van der Waals surface area contributed by atoms with Crippen LogP contribution in [0.5, 0.6) is 0 Å². The number of aliphatic hydroxyl groups excluding tert-OH is 1. The lowest BCUT2D eigenvalue weighted by Crippen LogP contribution is -1.91. The Kier molecular flexibility index (Phi) is 21.1. The number of aliphatic carboxylic acids is 4. The van der Waals surface area contributed by atoms with Gasteiger partial charge in [-0.3, -0.25) is 0 Å². The summed E-state index contributed by atoms with van der Waals surface area (Å²) in [6, 6.07) is 0. The lowest BCUT2D eigenvalue weighted by atomic mass is 10.1. The highest BCUT2D eigenvalue weighted by atomic mass is 16.4. The molecule has 0 aromatic heterocycles. The van der Waals surface area contributed by atoms with Gasteiger partial charge in [0.2, 0.25) is 0 Å². The maximum atomic E-state index is 9.55. The van der Waals surface area contributed by atoms with Gasteiger partial charge in [0.15, 0.2) is 0 Å². The molecule has 0 saturated heterocycles. The van der Waals surface area contributed by atoms with Gasteiger partial charge in [0, 0.05) is 30.9 Å². The fourth-order valence-electron chi connectivity index (χ4n) is 1.13. The van der Waals surface area contributed by atoms with Crippen molar-refractivity contribution in [3.63, 3.8) is 0 Å². The maximum Gasteiger partial charge on any atom is 0.328 e. The zero-order valence-electron chi connectivity index (χ0n) is 14.3. The van der Waals surface area contributed by atoms with Gasteiger partial charge in [-0.25, -0.2) is 19.2 Å². The fourth-order valence-corrected chi connectivity index (χ4v) is 1.13. The van der Waals surface area contributed by atoms with E-state index in [0.717, 1.165) is 12.3 Å². The minimum atomic E-state index is -1.26. The maximum absolute atomic E-state index is 9.55. The Balaban J connectivity index is -0.000000291. The summed E-state index contributed by atoms with van der Waals surface area (Å²) in [4.78, 5) is 38.2. The minimum Gasteiger partial charge on any atom is -0.478 e. The first-order chi connectivity index (χ1) is 11.5. The predicted octanol–water partition coefficient (Wildman–Crippen LogP) is 1.62. The molecule has 5 N–H and O–H groups in total. The molecule has 0 atom stereocenters. The Hall–Kier alpha value is -2.68. The van der Waals surface area contributed by atoms with Crippen LogP contribution < -0.4 is 0 Å². The molecule has 0 amide bonds. The smallest absolute Gasteiger partial charge is 0.328 e. The van der Waals surface area contributed by atoms with E-state index in [2.05, 4.69) is 13.8 Å². The van der Waals surface area contributed by atoms with Crippen LogP contribution in [0, 0.1) is 5.92 Å². The van der Waals surface area contributed by atoms with Gasteiger partial charge < -0.3 is 25.5 Å². The third-order valence-corrected chi connectivity index (χ3v) is 2.18. The molecular weight excluding hydrogens is 336 g/mol. The second-order valence-electron chi connectivity index (χ2n) is 4.99. The van der Waals surface area contributed by atoms with Crippen molar-refractivity contribution in [2.24, 2.45) is 5.92 Å². The zero-order valence-corrected chi connectivity index (χ0v) is 14.3. The highest BCUT2D eigenvalue weighted by molar-refractivity contribution is 5.90. The van der Waals surface area contributed by atoms with Crippen molar-refractivity contribution in [3.8, 4) is 0 Å². The Labute approximate surface area is 145 Å². The molecule has 0 saturated carbocycles. The van der Waals surface area contributed by atoms with Gasteiger partial charge in [0.1, 0.15) is 0 Å². The van der Waals surface area contributed by atoms with Crippen LogP contribution in [0.3, 0.4) is 0 Å². The third-order valence-electron chi connectivity index (χ3n) is 2.18. The summed E-state index contributed by atoms with van der Waals surface area (Å²) in [6.45, 7) is 4.83. The summed E-state index contributed by atoms with van der Waals surface area (Å²) < 4.78 is 0. The molecule has 0 heterocycles. The molecule has 0 rings (SSSR count). The van der Waals surface area contributed by atoms with E-state index in [1.807, 2.05) is 0 Å². The Morgan fingerprint density at radius 2 is 1.00 bits per heavy atom. The van der Waals surface area contributed by atoms with Crippen molar-refractivity contribution in [1.82, 2.24) is 0 Å². The van der Waals surface area contributed by atoms with E-state index in [-0.39, 0.29) is 0 Å². The van der Waals surface area contributed by atoms with Crippen LogP contribution >= 0.6 is 0 Å². The average Bonchev–Trinajstić information content (AvgIpc) is 2.48. The highest BCUT2D eigenvalue weighted by Gasteiger charge is 1.92. The molecule has 9 heteroatoms. The first kappa shape index (κ1) is 27.2. The summed E-state index contributed by atoms with van der Waals surface area (Å²) in [6.07, 6.45) is 6.98. The normalized spacial score (nSPS) is 9.92. The van der Waals surface area contributed by atoms with Crippen LogP contribution in [0.1, 0.15) is 39.5 Å². The number of carboxylic acids is 4. The highest BCUT2D eigenvalue weighted by Crippen LogP contribution is 2.06. The fraction of sp³-hybridized carbons (Fsp3) is 0.500. The van der Waals surface area contributed by atoms with Gasteiger partial charge in [-0.15, -0.1) is 0 Å². The number of unbranched alkanes of at least 4 members (excludes halogenated alkanes) is 2. The van der Waals surface area contributed by atoms with Crippen LogP contribution in [-0.2, 0) is 19.2 Å². The Morgan fingerprint density at radius 3 is 1.20 bits per heavy atom. The van der Waals surface area contributed by atoms with Crippen LogP contribution in [0.4, 0.5) is 0 Å². The standard InChI is InChI=1S/C8H18O.2C4H4O4/c1-8(2)6-4-3-5-7-9;2*5-3(6)1-2-4(7)8/h8-9H,3-7H2,1-2H3;2*1-2H,(H,5,6)(H,7,8)/b;2*2-1+.